The molecule has 0 bridgehead atoms. The van der Waals surface area contributed by atoms with Gasteiger partial charge in [-0.1, -0.05) is 54.1 Å². The lowest BCUT2D eigenvalue weighted by molar-refractivity contribution is -0.191. The number of aromatic nitrogens is 2. The monoisotopic (exact) mass is 402 g/mol. The molecule has 0 amide bonds. The number of rotatable bonds is 7. The second-order valence-electron chi connectivity index (χ2n) is 7.28. The van der Waals surface area contributed by atoms with Gasteiger partial charge >= 0.3 is 6.15 Å². The van der Waals surface area contributed by atoms with E-state index >= 15 is 0 Å². The molecule has 1 aliphatic carbocycles. The number of hydrogen-bond donors (Lipinski definition) is 2. The third kappa shape index (κ3) is 5.17. The van der Waals surface area contributed by atoms with Gasteiger partial charge in [0.25, 0.3) is 0 Å². The summed E-state index contributed by atoms with van der Waals surface area (Å²) in [7, 11) is 1.99. The molecular formula is C24H26N4O2. The number of fused-ring (bicyclic) bond motifs is 3. The van der Waals surface area contributed by atoms with Gasteiger partial charge in [-0.2, -0.15) is 9.59 Å². The van der Waals surface area contributed by atoms with Crippen molar-refractivity contribution < 1.29 is 9.59 Å². The number of nitrogens with zero attached hydrogens (tertiary/aromatic N) is 2. The molecule has 30 heavy (non-hydrogen) atoms. The van der Waals surface area contributed by atoms with Crippen LogP contribution in [-0.4, -0.2) is 36.3 Å². The number of carbonyl (C=O) groups excluding carboxylic acids is 2. The lowest BCUT2D eigenvalue weighted by atomic mass is 10.0. The summed E-state index contributed by atoms with van der Waals surface area (Å²) in [5.74, 6) is 1.87. The van der Waals surface area contributed by atoms with Crippen molar-refractivity contribution in [1.29, 1.82) is 0 Å². The van der Waals surface area contributed by atoms with Gasteiger partial charge in [0.1, 0.15) is 11.6 Å². The molecule has 6 heteroatoms. The van der Waals surface area contributed by atoms with Crippen LogP contribution in [0.1, 0.15) is 34.6 Å². The highest BCUT2D eigenvalue weighted by Crippen LogP contribution is 2.40. The van der Waals surface area contributed by atoms with E-state index in [1.54, 1.807) is 0 Å². The Kier molecular flexibility index (Phi) is 7.44. The van der Waals surface area contributed by atoms with Gasteiger partial charge < -0.3 is 10.6 Å². The lowest BCUT2D eigenvalue weighted by Crippen LogP contribution is -2.14. The molecule has 0 fully saturated rings. The fourth-order valence-corrected chi connectivity index (χ4v) is 3.72. The molecule has 2 aromatic carbocycles. The molecular weight excluding hydrogens is 376 g/mol. The molecule has 0 saturated carbocycles. The van der Waals surface area contributed by atoms with Crippen LogP contribution in [0.4, 0.5) is 5.82 Å². The van der Waals surface area contributed by atoms with Crippen molar-refractivity contribution in [2.45, 2.75) is 26.2 Å². The van der Waals surface area contributed by atoms with Crippen molar-refractivity contribution in [1.82, 2.24) is 15.3 Å². The van der Waals surface area contributed by atoms with Gasteiger partial charge in [0, 0.05) is 24.9 Å². The Balaban J connectivity index is 0.000000806. The normalized spacial score (nSPS) is 11.0. The first-order chi connectivity index (χ1) is 14.7. The first-order valence-corrected chi connectivity index (χ1v) is 10.1. The van der Waals surface area contributed by atoms with Gasteiger partial charge in [0.15, 0.2) is 0 Å². The Bertz CT molecular complexity index is 1030. The predicted molar refractivity (Wildman–Crippen MR) is 116 cm³/mol. The number of hydrogen-bond acceptors (Lipinski definition) is 6. The largest absolute Gasteiger partial charge is 0.373 e. The predicted octanol–water partition coefficient (Wildman–Crippen LogP) is 3.38. The van der Waals surface area contributed by atoms with Crippen LogP contribution in [0.3, 0.4) is 0 Å². The first kappa shape index (κ1) is 21.4. The van der Waals surface area contributed by atoms with Crippen LogP contribution in [0.15, 0.2) is 48.5 Å². The molecule has 0 radical (unpaired) electrons. The fraction of sp³-hybridized carbons (Fsp3) is 0.292. The van der Waals surface area contributed by atoms with Crippen LogP contribution >= 0.6 is 0 Å². The van der Waals surface area contributed by atoms with Crippen molar-refractivity contribution in [3.05, 3.63) is 76.7 Å². The molecule has 6 nitrogen and oxygen atoms in total. The standard InChI is InChI=1S/C23H26N4.CO2/c1-16-9-10-19-18(13-16)15-20-22(19)23(25-12-6-11-24-2)27-21(26-20)14-17-7-4-3-5-8-17;2-1-3/h3-5,7-10,13,24H,6,11-12,14-15H2,1-2H3,(H,25,26,27);. The zero-order valence-corrected chi connectivity index (χ0v) is 17.4. The molecule has 154 valence electrons. The van der Waals surface area contributed by atoms with Crippen LogP contribution in [0.5, 0.6) is 0 Å². The van der Waals surface area contributed by atoms with Crippen LogP contribution in [0.2, 0.25) is 0 Å². The minimum Gasteiger partial charge on any atom is -0.369 e. The van der Waals surface area contributed by atoms with Crippen molar-refractivity contribution in [2.24, 2.45) is 0 Å². The molecule has 4 rings (SSSR count). The maximum Gasteiger partial charge on any atom is 0.373 e. The minimum absolute atomic E-state index is 0.250. The Hall–Kier alpha value is -3.34. The average Bonchev–Trinajstić information content (AvgIpc) is 3.10. The summed E-state index contributed by atoms with van der Waals surface area (Å²) >= 11 is 0. The first-order valence-electron chi connectivity index (χ1n) is 10.1. The van der Waals surface area contributed by atoms with E-state index in [4.69, 9.17) is 19.6 Å². The van der Waals surface area contributed by atoms with Gasteiger partial charge in [-0.3, -0.25) is 0 Å². The topological polar surface area (TPSA) is 84.0 Å². The van der Waals surface area contributed by atoms with E-state index in [1.165, 1.54) is 27.8 Å². The van der Waals surface area contributed by atoms with Gasteiger partial charge in [-0.05, 0) is 43.6 Å². The molecule has 0 unspecified atom stereocenters. The number of anilines is 1. The summed E-state index contributed by atoms with van der Waals surface area (Å²) < 4.78 is 0. The summed E-state index contributed by atoms with van der Waals surface area (Å²) in [6, 6.07) is 17.1. The number of nitrogens with one attached hydrogen (secondary N) is 2. The van der Waals surface area contributed by atoms with Gasteiger partial charge in [0.2, 0.25) is 0 Å². The Morgan fingerprint density at radius 3 is 2.53 bits per heavy atom. The third-order valence-corrected chi connectivity index (χ3v) is 5.02. The summed E-state index contributed by atoms with van der Waals surface area (Å²) in [5, 5.41) is 6.77. The summed E-state index contributed by atoms with van der Waals surface area (Å²) in [4.78, 5) is 26.1. The second kappa shape index (κ2) is 10.4. The van der Waals surface area contributed by atoms with Gasteiger partial charge in [-0.25, -0.2) is 9.97 Å². The highest BCUT2D eigenvalue weighted by atomic mass is 16.2. The van der Waals surface area contributed by atoms with Crippen LogP contribution in [-0.2, 0) is 22.4 Å². The van der Waals surface area contributed by atoms with Crippen molar-refractivity contribution in [3.8, 4) is 11.1 Å². The third-order valence-electron chi connectivity index (χ3n) is 5.02. The Morgan fingerprint density at radius 2 is 1.80 bits per heavy atom. The molecule has 0 atom stereocenters. The average molecular weight is 402 g/mol. The lowest BCUT2D eigenvalue weighted by Gasteiger charge is -2.13. The highest BCUT2D eigenvalue weighted by molar-refractivity contribution is 5.84. The molecule has 1 aliphatic rings. The molecule has 1 heterocycles. The fourth-order valence-electron chi connectivity index (χ4n) is 3.72. The number of benzene rings is 2. The van der Waals surface area contributed by atoms with Gasteiger partial charge in [-0.15, -0.1) is 0 Å². The molecule has 0 spiro atoms. The summed E-state index contributed by atoms with van der Waals surface area (Å²) in [6.45, 7) is 4.04. The minimum atomic E-state index is 0.250. The second-order valence-corrected chi connectivity index (χ2v) is 7.28. The molecule has 0 saturated heterocycles. The van der Waals surface area contributed by atoms with E-state index in [0.29, 0.717) is 0 Å². The summed E-state index contributed by atoms with van der Waals surface area (Å²) in [5.41, 5.74) is 7.50. The van der Waals surface area contributed by atoms with Crippen molar-refractivity contribution >= 4 is 12.0 Å². The molecule has 2 N–H and O–H groups in total. The Labute approximate surface area is 176 Å². The van der Waals surface area contributed by atoms with Crippen LogP contribution < -0.4 is 10.6 Å². The number of aryl methyl sites for hydroxylation is 1. The maximum absolute atomic E-state index is 8.12. The van der Waals surface area contributed by atoms with Crippen molar-refractivity contribution in [3.63, 3.8) is 0 Å². The zero-order valence-electron chi connectivity index (χ0n) is 17.4. The van der Waals surface area contributed by atoms with E-state index in [-0.39, 0.29) is 6.15 Å². The summed E-state index contributed by atoms with van der Waals surface area (Å²) in [6.07, 6.45) is 2.96. The Morgan fingerprint density at radius 1 is 1.03 bits per heavy atom. The molecule has 3 aromatic rings. The zero-order chi connectivity index (χ0) is 21.3. The van der Waals surface area contributed by atoms with Crippen LogP contribution in [0.25, 0.3) is 11.1 Å². The van der Waals surface area contributed by atoms with Crippen molar-refractivity contribution in [2.75, 3.05) is 25.5 Å². The SMILES string of the molecule is CNCCCNc1nc(Cc2ccccc2)nc2c1-c1ccc(C)cc1C2.O=C=O. The van der Waals surface area contributed by atoms with Crippen LogP contribution in [0, 0.1) is 6.92 Å². The molecule has 1 aromatic heterocycles. The quantitative estimate of drug-likeness (QED) is 0.461. The maximum atomic E-state index is 8.12. The van der Waals surface area contributed by atoms with E-state index in [9.17, 15) is 0 Å². The highest BCUT2D eigenvalue weighted by Gasteiger charge is 2.25. The van der Waals surface area contributed by atoms with E-state index in [1.807, 2.05) is 13.1 Å². The van der Waals surface area contributed by atoms with E-state index < -0.39 is 0 Å². The van der Waals surface area contributed by atoms with E-state index in [0.717, 1.165) is 49.7 Å². The smallest absolute Gasteiger partial charge is 0.369 e. The van der Waals surface area contributed by atoms with Gasteiger partial charge in [0.05, 0.1) is 5.69 Å². The molecule has 0 aliphatic heterocycles. The van der Waals surface area contributed by atoms with E-state index in [2.05, 4.69) is 60.0 Å².